The van der Waals surface area contributed by atoms with E-state index in [1.54, 1.807) is 4.57 Å². The molecule has 0 amide bonds. The summed E-state index contributed by atoms with van der Waals surface area (Å²) in [6, 6.07) is 1.86. The second-order valence-corrected chi connectivity index (χ2v) is 5.67. The molecule has 4 heteroatoms. The van der Waals surface area contributed by atoms with E-state index < -0.39 is 0 Å². The van der Waals surface area contributed by atoms with Crippen molar-refractivity contribution in [2.24, 2.45) is 5.92 Å². The molecule has 0 saturated heterocycles. The number of halogens is 2. The summed E-state index contributed by atoms with van der Waals surface area (Å²) in [6.45, 7) is 4.81. The predicted octanol–water partition coefficient (Wildman–Crippen LogP) is 3.73. The van der Waals surface area contributed by atoms with Gasteiger partial charge < -0.3 is 4.57 Å². The Hall–Kier alpha value is -0.0900. The number of hydrogen-bond donors (Lipinski definition) is 0. The molecular formula is C12H17Br2NO. The van der Waals surface area contributed by atoms with Crippen molar-refractivity contribution < 1.29 is 0 Å². The van der Waals surface area contributed by atoms with Gasteiger partial charge in [-0.15, -0.1) is 0 Å². The van der Waals surface area contributed by atoms with Gasteiger partial charge in [-0.3, -0.25) is 4.79 Å². The first-order valence-corrected chi connectivity index (χ1v) is 7.42. The Morgan fingerprint density at radius 3 is 2.75 bits per heavy atom. The maximum absolute atomic E-state index is 11.9. The van der Waals surface area contributed by atoms with E-state index in [1.165, 1.54) is 0 Å². The van der Waals surface area contributed by atoms with Crippen molar-refractivity contribution in [3.63, 3.8) is 0 Å². The van der Waals surface area contributed by atoms with Crippen molar-refractivity contribution in [1.82, 2.24) is 4.57 Å². The average molecular weight is 351 g/mol. The molecule has 0 bridgehead atoms. The highest BCUT2D eigenvalue weighted by Crippen LogP contribution is 2.14. The molecule has 1 aromatic heterocycles. The molecule has 0 aromatic carbocycles. The van der Waals surface area contributed by atoms with Crippen LogP contribution in [0.2, 0.25) is 0 Å². The highest BCUT2D eigenvalue weighted by Gasteiger charge is 2.09. The highest BCUT2D eigenvalue weighted by atomic mass is 79.9. The van der Waals surface area contributed by atoms with Crippen LogP contribution >= 0.6 is 31.9 Å². The Morgan fingerprint density at radius 1 is 1.50 bits per heavy atom. The van der Waals surface area contributed by atoms with Crippen LogP contribution in [0.15, 0.2) is 21.5 Å². The van der Waals surface area contributed by atoms with Gasteiger partial charge in [0, 0.05) is 28.1 Å². The van der Waals surface area contributed by atoms with Gasteiger partial charge in [0.05, 0.1) is 0 Å². The highest BCUT2D eigenvalue weighted by molar-refractivity contribution is 9.10. The molecular weight excluding hydrogens is 334 g/mol. The smallest absolute Gasteiger partial charge is 0.253 e. The second-order valence-electron chi connectivity index (χ2n) is 4.11. The van der Waals surface area contributed by atoms with Gasteiger partial charge in [-0.1, -0.05) is 29.3 Å². The van der Waals surface area contributed by atoms with Gasteiger partial charge in [0.15, 0.2) is 0 Å². The molecule has 1 heterocycles. The number of hydrogen-bond acceptors (Lipinski definition) is 1. The lowest BCUT2D eigenvalue weighted by Crippen LogP contribution is -2.25. The van der Waals surface area contributed by atoms with E-state index in [0.29, 0.717) is 5.92 Å². The van der Waals surface area contributed by atoms with Gasteiger partial charge in [-0.05, 0) is 41.3 Å². The van der Waals surface area contributed by atoms with Crippen LogP contribution in [0.1, 0.15) is 25.3 Å². The molecule has 0 N–H and O–H groups in total. The lowest BCUT2D eigenvalue weighted by molar-refractivity contribution is 0.446. The maximum atomic E-state index is 11.9. The standard InChI is InChI=1S/C12H17Br2NO/c1-3-4-10(6-13)7-15-8-11(14)5-9(2)12(15)16/h5,8,10H,3-4,6-7H2,1-2H3. The number of nitrogens with zero attached hydrogens (tertiary/aromatic N) is 1. The zero-order chi connectivity index (χ0) is 12.1. The van der Waals surface area contributed by atoms with Crippen LogP contribution in [0.25, 0.3) is 0 Å². The van der Waals surface area contributed by atoms with E-state index >= 15 is 0 Å². The van der Waals surface area contributed by atoms with Gasteiger partial charge in [-0.2, -0.15) is 0 Å². The van der Waals surface area contributed by atoms with Crippen LogP contribution in [0, 0.1) is 12.8 Å². The maximum Gasteiger partial charge on any atom is 0.253 e. The zero-order valence-electron chi connectivity index (χ0n) is 9.67. The molecule has 0 aliphatic heterocycles. The van der Waals surface area contributed by atoms with E-state index in [9.17, 15) is 4.79 Å². The lowest BCUT2D eigenvalue weighted by Gasteiger charge is -2.15. The summed E-state index contributed by atoms with van der Waals surface area (Å²) in [4.78, 5) is 11.9. The summed E-state index contributed by atoms with van der Waals surface area (Å²) in [5.74, 6) is 0.524. The molecule has 1 aromatic rings. The zero-order valence-corrected chi connectivity index (χ0v) is 12.8. The molecule has 16 heavy (non-hydrogen) atoms. The fraction of sp³-hybridized carbons (Fsp3) is 0.583. The van der Waals surface area contributed by atoms with E-state index in [4.69, 9.17) is 0 Å². The van der Waals surface area contributed by atoms with Gasteiger partial charge >= 0.3 is 0 Å². The number of pyridine rings is 1. The predicted molar refractivity (Wildman–Crippen MR) is 75.3 cm³/mol. The molecule has 0 aliphatic rings. The molecule has 1 atom stereocenters. The van der Waals surface area contributed by atoms with Crippen molar-refractivity contribution in [2.75, 3.05) is 5.33 Å². The van der Waals surface area contributed by atoms with Gasteiger partial charge in [0.1, 0.15) is 0 Å². The first kappa shape index (κ1) is 14.0. The molecule has 90 valence electrons. The Balaban J connectivity index is 2.91. The van der Waals surface area contributed by atoms with Crippen molar-refractivity contribution in [3.8, 4) is 0 Å². The summed E-state index contributed by atoms with van der Waals surface area (Å²) in [7, 11) is 0. The Kier molecular flexibility index (Phi) is 5.76. The number of aryl methyl sites for hydroxylation is 1. The third-order valence-electron chi connectivity index (χ3n) is 2.60. The van der Waals surface area contributed by atoms with E-state index in [1.807, 2.05) is 19.2 Å². The molecule has 1 unspecified atom stereocenters. The number of alkyl halides is 1. The van der Waals surface area contributed by atoms with Crippen LogP contribution in [0.5, 0.6) is 0 Å². The van der Waals surface area contributed by atoms with E-state index in [-0.39, 0.29) is 5.56 Å². The number of aromatic nitrogens is 1. The van der Waals surface area contributed by atoms with Crippen LogP contribution in [-0.2, 0) is 6.54 Å². The minimum Gasteiger partial charge on any atom is -0.314 e. The van der Waals surface area contributed by atoms with Crippen molar-refractivity contribution in [3.05, 3.63) is 32.7 Å². The van der Waals surface area contributed by atoms with Gasteiger partial charge in [-0.25, -0.2) is 0 Å². The fourth-order valence-corrected chi connectivity index (χ4v) is 2.90. The Labute approximate surface area is 113 Å². The van der Waals surface area contributed by atoms with Gasteiger partial charge in [0.25, 0.3) is 5.56 Å². The van der Waals surface area contributed by atoms with Crippen molar-refractivity contribution >= 4 is 31.9 Å². The average Bonchev–Trinajstić information content (AvgIpc) is 2.24. The second kappa shape index (κ2) is 6.60. The molecule has 0 spiro atoms. The Bertz CT molecular complexity index is 400. The SMILES string of the molecule is CCCC(CBr)Cn1cc(Br)cc(C)c1=O. The molecule has 1 rings (SSSR count). The molecule has 2 nitrogen and oxygen atoms in total. The van der Waals surface area contributed by atoms with E-state index in [2.05, 4.69) is 38.8 Å². The molecule has 0 radical (unpaired) electrons. The normalized spacial score (nSPS) is 12.8. The number of rotatable bonds is 5. The summed E-state index contributed by atoms with van der Waals surface area (Å²) in [5, 5.41) is 0.943. The van der Waals surface area contributed by atoms with Crippen molar-refractivity contribution in [2.45, 2.75) is 33.2 Å². The van der Waals surface area contributed by atoms with E-state index in [0.717, 1.165) is 34.8 Å². The first-order valence-electron chi connectivity index (χ1n) is 5.51. The Morgan fingerprint density at radius 2 is 2.19 bits per heavy atom. The largest absolute Gasteiger partial charge is 0.314 e. The van der Waals surface area contributed by atoms with Gasteiger partial charge in [0.2, 0.25) is 0 Å². The summed E-state index contributed by atoms with van der Waals surface area (Å²) >= 11 is 6.94. The minimum atomic E-state index is 0.116. The lowest BCUT2D eigenvalue weighted by atomic mass is 10.1. The third kappa shape index (κ3) is 3.74. The summed E-state index contributed by atoms with van der Waals surface area (Å²) in [6.07, 6.45) is 4.17. The quantitative estimate of drug-likeness (QED) is 0.741. The molecule has 0 saturated carbocycles. The molecule has 0 aliphatic carbocycles. The first-order chi connectivity index (χ1) is 7.58. The minimum absolute atomic E-state index is 0.116. The summed E-state index contributed by atoms with van der Waals surface area (Å²) in [5.41, 5.74) is 0.907. The third-order valence-corrected chi connectivity index (χ3v) is 3.95. The fourth-order valence-electron chi connectivity index (χ4n) is 1.78. The van der Waals surface area contributed by atoms with Crippen LogP contribution in [0.3, 0.4) is 0 Å². The van der Waals surface area contributed by atoms with Crippen LogP contribution < -0.4 is 5.56 Å². The van der Waals surface area contributed by atoms with Crippen molar-refractivity contribution in [1.29, 1.82) is 0 Å². The molecule has 0 fully saturated rings. The topological polar surface area (TPSA) is 22.0 Å². The summed E-state index contributed by atoms with van der Waals surface area (Å²) < 4.78 is 2.77. The van der Waals surface area contributed by atoms with Crippen LogP contribution in [0.4, 0.5) is 0 Å². The monoisotopic (exact) mass is 349 g/mol. The van der Waals surface area contributed by atoms with Crippen LogP contribution in [-0.4, -0.2) is 9.90 Å².